The van der Waals surface area contributed by atoms with Crippen LogP contribution in [0, 0.1) is 18.3 Å². The van der Waals surface area contributed by atoms with Crippen LogP contribution in [-0.4, -0.2) is 28.7 Å². The second kappa shape index (κ2) is 7.92. The van der Waals surface area contributed by atoms with Crippen molar-refractivity contribution in [3.63, 3.8) is 0 Å². The first-order chi connectivity index (χ1) is 9.97. The van der Waals surface area contributed by atoms with Gasteiger partial charge in [-0.2, -0.15) is 0 Å². The second-order valence-electron chi connectivity index (χ2n) is 5.85. The Morgan fingerprint density at radius 3 is 2.43 bits per heavy atom. The molecule has 1 atom stereocenters. The number of aliphatic carboxylic acids is 1. The summed E-state index contributed by atoms with van der Waals surface area (Å²) in [7, 11) is 0. The van der Waals surface area contributed by atoms with Gasteiger partial charge in [-0.25, -0.2) is 9.59 Å². The van der Waals surface area contributed by atoms with Gasteiger partial charge in [-0.05, 0) is 38.0 Å². The van der Waals surface area contributed by atoms with E-state index < -0.39 is 17.5 Å². The molecule has 0 aromatic heterocycles. The van der Waals surface area contributed by atoms with E-state index in [4.69, 9.17) is 6.42 Å². The summed E-state index contributed by atoms with van der Waals surface area (Å²) in [5.74, 6) is 2.13. The Hall–Kier alpha value is -1.70. The number of terminal acetylenes is 1. The van der Waals surface area contributed by atoms with Gasteiger partial charge in [0.25, 0.3) is 0 Å². The summed E-state index contributed by atoms with van der Waals surface area (Å²) in [4.78, 5) is 23.7. The van der Waals surface area contributed by atoms with Crippen molar-refractivity contribution in [2.75, 3.05) is 0 Å². The molecule has 0 heterocycles. The van der Waals surface area contributed by atoms with Gasteiger partial charge in [-0.3, -0.25) is 0 Å². The van der Waals surface area contributed by atoms with Crippen molar-refractivity contribution in [1.29, 1.82) is 0 Å². The molecule has 1 aliphatic rings. The highest BCUT2D eigenvalue weighted by Gasteiger charge is 2.43. The molecule has 3 N–H and O–H groups in total. The molecule has 1 saturated carbocycles. The SMILES string of the molecule is C#CCC(CC)NC(=O)NC1(C(=O)O)CCC(CC)CC1. The maximum atomic E-state index is 12.1. The van der Waals surface area contributed by atoms with Crippen molar-refractivity contribution >= 4 is 12.0 Å². The standard InChI is InChI=1S/C16H26N2O3/c1-4-7-13(6-3)17-15(21)18-16(14(19)20)10-8-12(5-2)9-11-16/h1,12-13H,5-11H2,2-3H3,(H,19,20)(H2,17,18,21). The number of hydrogen-bond donors (Lipinski definition) is 3. The molecule has 1 unspecified atom stereocenters. The lowest BCUT2D eigenvalue weighted by atomic mass is 9.75. The smallest absolute Gasteiger partial charge is 0.329 e. The first-order valence-electron chi connectivity index (χ1n) is 7.73. The number of carbonyl (C=O) groups excluding carboxylic acids is 1. The van der Waals surface area contributed by atoms with Crippen LogP contribution in [-0.2, 0) is 4.79 Å². The minimum atomic E-state index is -1.13. The molecule has 2 amide bonds. The summed E-state index contributed by atoms with van der Waals surface area (Å²) in [5, 5.41) is 15.0. The van der Waals surface area contributed by atoms with Crippen LogP contribution in [0.2, 0.25) is 0 Å². The van der Waals surface area contributed by atoms with Crippen molar-refractivity contribution in [3.8, 4) is 12.3 Å². The van der Waals surface area contributed by atoms with Crippen molar-refractivity contribution in [1.82, 2.24) is 10.6 Å². The molecule has 1 rings (SSSR count). The van der Waals surface area contributed by atoms with Crippen molar-refractivity contribution in [2.24, 2.45) is 5.92 Å². The Morgan fingerprint density at radius 2 is 2.00 bits per heavy atom. The summed E-state index contributed by atoms with van der Waals surface area (Å²) in [6.45, 7) is 4.05. The molecule has 0 aliphatic heterocycles. The van der Waals surface area contributed by atoms with Gasteiger partial charge in [0.15, 0.2) is 0 Å². The molecule has 0 saturated heterocycles. The normalized spacial score (nSPS) is 26.4. The quantitative estimate of drug-likeness (QED) is 0.659. The molecule has 5 nitrogen and oxygen atoms in total. The number of nitrogens with one attached hydrogen (secondary N) is 2. The lowest BCUT2D eigenvalue weighted by molar-refractivity contribution is -0.146. The van der Waals surface area contributed by atoms with Gasteiger partial charge in [-0.1, -0.05) is 20.3 Å². The lowest BCUT2D eigenvalue weighted by Crippen LogP contribution is -2.59. The van der Waals surface area contributed by atoms with Crippen LogP contribution < -0.4 is 10.6 Å². The Kier molecular flexibility index (Phi) is 6.54. The van der Waals surface area contributed by atoms with E-state index in [1.54, 1.807) is 0 Å². The van der Waals surface area contributed by atoms with Crippen LogP contribution >= 0.6 is 0 Å². The van der Waals surface area contributed by atoms with E-state index in [0.717, 1.165) is 25.7 Å². The highest BCUT2D eigenvalue weighted by atomic mass is 16.4. The molecule has 0 radical (unpaired) electrons. The van der Waals surface area contributed by atoms with Crippen LogP contribution in [0.1, 0.15) is 58.8 Å². The summed E-state index contributed by atoms with van der Waals surface area (Å²) in [6, 6.07) is -0.553. The average Bonchev–Trinajstić information content (AvgIpc) is 2.47. The monoisotopic (exact) mass is 294 g/mol. The van der Waals surface area contributed by atoms with Gasteiger partial charge in [0.2, 0.25) is 0 Å². The zero-order valence-corrected chi connectivity index (χ0v) is 12.9. The van der Waals surface area contributed by atoms with Gasteiger partial charge < -0.3 is 15.7 Å². The number of carboxylic acid groups (broad SMARTS) is 1. The maximum Gasteiger partial charge on any atom is 0.329 e. The van der Waals surface area contributed by atoms with Crippen LogP contribution in [0.3, 0.4) is 0 Å². The number of urea groups is 1. The molecule has 118 valence electrons. The second-order valence-corrected chi connectivity index (χ2v) is 5.85. The predicted molar refractivity (Wildman–Crippen MR) is 81.8 cm³/mol. The average molecular weight is 294 g/mol. The highest BCUT2D eigenvalue weighted by Crippen LogP contribution is 2.34. The predicted octanol–water partition coefficient (Wildman–Crippen LogP) is 2.51. The Bertz CT molecular complexity index is 406. The topological polar surface area (TPSA) is 78.4 Å². The molecule has 0 aromatic rings. The van der Waals surface area contributed by atoms with Gasteiger partial charge in [0.05, 0.1) is 0 Å². The van der Waals surface area contributed by atoms with Gasteiger partial charge >= 0.3 is 12.0 Å². The molecule has 5 heteroatoms. The Labute approximate surface area is 126 Å². The van der Waals surface area contributed by atoms with Crippen molar-refractivity contribution in [3.05, 3.63) is 0 Å². The summed E-state index contributed by atoms with van der Waals surface area (Å²) in [6.07, 6.45) is 10.1. The fraction of sp³-hybridized carbons (Fsp3) is 0.750. The van der Waals surface area contributed by atoms with Crippen molar-refractivity contribution in [2.45, 2.75) is 70.4 Å². The Balaban J connectivity index is 2.65. The number of hydrogen-bond acceptors (Lipinski definition) is 2. The number of carbonyl (C=O) groups is 2. The minimum Gasteiger partial charge on any atom is -0.480 e. The molecular weight excluding hydrogens is 268 g/mol. The van der Waals surface area contributed by atoms with E-state index >= 15 is 0 Å². The van der Waals surface area contributed by atoms with Gasteiger partial charge in [0.1, 0.15) is 5.54 Å². The Morgan fingerprint density at radius 1 is 1.38 bits per heavy atom. The fourth-order valence-electron chi connectivity index (χ4n) is 2.85. The molecule has 1 aliphatic carbocycles. The summed E-state index contributed by atoms with van der Waals surface area (Å²) >= 11 is 0. The fourth-order valence-corrected chi connectivity index (χ4v) is 2.85. The molecule has 0 spiro atoms. The maximum absolute atomic E-state index is 12.1. The number of carboxylic acids is 1. The third kappa shape index (κ3) is 4.66. The molecule has 0 aromatic carbocycles. The van der Waals surface area contributed by atoms with Gasteiger partial charge in [0, 0.05) is 12.5 Å². The third-order valence-electron chi connectivity index (χ3n) is 4.49. The first-order valence-corrected chi connectivity index (χ1v) is 7.73. The molecular formula is C16H26N2O3. The van der Waals surface area contributed by atoms with E-state index in [0.29, 0.717) is 25.2 Å². The molecule has 0 bridgehead atoms. The van der Waals surface area contributed by atoms with Crippen LogP contribution in [0.4, 0.5) is 4.79 Å². The van der Waals surface area contributed by atoms with Crippen molar-refractivity contribution < 1.29 is 14.7 Å². The minimum absolute atomic E-state index is 0.118. The van der Waals surface area contributed by atoms with E-state index in [1.165, 1.54) is 0 Å². The highest BCUT2D eigenvalue weighted by molar-refractivity contribution is 5.86. The summed E-state index contributed by atoms with van der Waals surface area (Å²) < 4.78 is 0. The molecule has 21 heavy (non-hydrogen) atoms. The zero-order chi connectivity index (χ0) is 15.9. The van der Waals surface area contributed by atoms with Gasteiger partial charge in [-0.15, -0.1) is 12.3 Å². The van der Waals surface area contributed by atoms with Crippen LogP contribution in [0.25, 0.3) is 0 Å². The van der Waals surface area contributed by atoms with E-state index in [1.807, 2.05) is 6.92 Å². The van der Waals surface area contributed by atoms with Crippen LogP contribution in [0.15, 0.2) is 0 Å². The zero-order valence-electron chi connectivity index (χ0n) is 12.9. The van der Waals surface area contributed by atoms with E-state index in [-0.39, 0.29) is 6.04 Å². The number of rotatable bonds is 6. The molecule has 1 fully saturated rings. The van der Waals surface area contributed by atoms with Crippen LogP contribution in [0.5, 0.6) is 0 Å². The first kappa shape index (κ1) is 17.4. The number of amides is 2. The lowest BCUT2D eigenvalue weighted by Gasteiger charge is -2.37. The van der Waals surface area contributed by atoms with E-state index in [2.05, 4.69) is 23.5 Å². The van der Waals surface area contributed by atoms with E-state index in [9.17, 15) is 14.7 Å². The third-order valence-corrected chi connectivity index (χ3v) is 4.49. The largest absolute Gasteiger partial charge is 0.480 e. The summed E-state index contributed by atoms with van der Waals surface area (Å²) in [5.41, 5.74) is -1.13.